The third-order valence-electron chi connectivity index (χ3n) is 4.72. The molecule has 2 aromatic carbocycles. The number of carbonyl (C=O) groups excluding carboxylic acids is 1. The molecule has 0 saturated carbocycles. The molecule has 0 saturated heterocycles. The van der Waals surface area contributed by atoms with Crippen LogP contribution in [0.4, 0.5) is 5.13 Å². The van der Waals surface area contributed by atoms with E-state index < -0.39 is 0 Å². The van der Waals surface area contributed by atoms with Crippen LogP contribution in [-0.2, 0) is 0 Å². The molecular weight excluding hydrogens is 428 g/mol. The van der Waals surface area contributed by atoms with E-state index in [9.17, 15) is 4.79 Å². The van der Waals surface area contributed by atoms with Gasteiger partial charge in [-0.2, -0.15) is 0 Å². The Labute approximate surface area is 186 Å². The van der Waals surface area contributed by atoms with Gasteiger partial charge in [0.05, 0.1) is 26.7 Å². The summed E-state index contributed by atoms with van der Waals surface area (Å²) >= 11 is 2.92. The van der Waals surface area contributed by atoms with Crippen molar-refractivity contribution >= 4 is 54.8 Å². The molecule has 0 bridgehead atoms. The lowest BCUT2D eigenvalue weighted by Gasteiger charge is -2.06. The second-order valence-electron chi connectivity index (χ2n) is 6.80. The summed E-state index contributed by atoms with van der Waals surface area (Å²) in [4.78, 5) is 27.6. The first-order chi connectivity index (χ1) is 15.1. The van der Waals surface area contributed by atoms with Crippen molar-refractivity contribution in [3.63, 3.8) is 0 Å². The third-order valence-corrected chi connectivity index (χ3v) is 6.65. The molecule has 154 valence electrons. The number of aryl methyl sites for hydroxylation is 1. The quantitative estimate of drug-likeness (QED) is 0.362. The minimum Gasteiger partial charge on any atom is -0.492 e. The van der Waals surface area contributed by atoms with Gasteiger partial charge < -0.3 is 4.74 Å². The van der Waals surface area contributed by atoms with Gasteiger partial charge in [-0.1, -0.05) is 41.7 Å². The number of pyridine rings is 1. The largest absolute Gasteiger partial charge is 0.492 e. The molecule has 5 aromatic rings. The Morgan fingerprint density at radius 2 is 1.90 bits per heavy atom. The summed E-state index contributed by atoms with van der Waals surface area (Å²) in [7, 11) is 0. The zero-order valence-electron chi connectivity index (χ0n) is 16.9. The number of thiazole rings is 2. The number of amides is 1. The third kappa shape index (κ3) is 3.64. The predicted octanol–water partition coefficient (Wildman–Crippen LogP) is 5.93. The molecule has 0 aliphatic carbocycles. The number of nitrogens with zero attached hydrogens (tertiary/aromatic N) is 3. The Kier molecular flexibility index (Phi) is 5.09. The molecule has 0 fully saturated rings. The lowest BCUT2D eigenvalue weighted by molar-refractivity contribution is 0.102. The van der Waals surface area contributed by atoms with Gasteiger partial charge in [-0.05, 0) is 31.5 Å². The highest BCUT2D eigenvalue weighted by atomic mass is 32.1. The molecule has 0 spiro atoms. The number of hydrogen-bond donors (Lipinski definition) is 1. The summed E-state index contributed by atoms with van der Waals surface area (Å²) in [6, 6.07) is 15.6. The fourth-order valence-corrected chi connectivity index (χ4v) is 5.27. The van der Waals surface area contributed by atoms with Crippen LogP contribution < -0.4 is 10.1 Å². The molecule has 3 heterocycles. The Hall–Kier alpha value is -3.36. The topological polar surface area (TPSA) is 77.0 Å². The molecule has 1 amide bonds. The number of benzene rings is 2. The number of aromatic nitrogens is 3. The highest BCUT2D eigenvalue weighted by molar-refractivity contribution is 7.22. The van der Waals surface area contributed by atoms with Gasteiger partial charge in [-0.25, -0.2) is 9.97 Å². The second kappa shape index (κ2) is 8.05. The molecule has 5 rings (SSSR count). The molecule has 3 aromatic heterocycles. The Morgan fingerprint density at radius 1 is 1.06 bits per heavy atom. The van der Waals surface area contributed by atoms with Crippen LogP contribution >= 0.6 is 22.7 Å². The maximum absolute atomic E-state index is 13.1. The van der Waals surface area contributed by atoms with E-state index >= 15 is 0 Å². The van der Waals surface area contributed by atoms with E-state index in [4.69, 9.17) is 4.74 Å². The predicted molar refractivity (Wildman–Crippen MR) is 126 cm³/mol. The summed E-state index contributed by atoms with van der Waals surface area (Å²) in [5, 5.41) is 5.19. The van der Waals surface area contributed by atoms with Crippen molar-refractivity contribution in [1.82, 2.24) is 15.0 Å². The minimum atomic E-state index is -0.269. The van der Waals surface area contributed by atoms with Crippen molar-refractivity contribution in [2.45, 2.75) is 13.8 Å². The van der Waals surface area contributed by atoms with Gasteiger partial charge in [0, 0.05) is 17.6 Å². The van der Waals surface area contributed by atoms with Gasteiger partial charge in [0.15, 0.2) is 5.13 Å². The summed E-state index contributed by atoms with van der Waals surface area (Å²) < 4.78 is 6.70. The van der Waals surface area contributed by atoms with Gasteiger partial charge in [0.1, 0.15) is 17.0 Å². The molecule has 0 aliphatic rings. The van der Waals surface area contributed by atoms with Gasteiger partial charge >= 0.3 is 0 Å². The smallest absolute Gasteiger partial charge is 0.277 e. The maximum atomic E-state index is 13.1. The summed E-state index contributed by atoms with van der Waals surface area (Å²) in [5.74, 6) is 0.448. The molecule has 6 nitrogen and oxygen atoms in total. The van der Waals surface area contributed by atoms with Crippen molar-refractivity contribution in [3.8, 4) is 16.2 Å². The zero-order valence-corrected chi connectivity index (χ0v) is 18.5. The number of carbonyl (C=O) groups is 1. The molecule has 0 aliphatic heterocycles. The van der Waals surface area contributed by atoms with Crippen LogP contribution in [0.5, 0.6) is 5.75 Å². The average molecular weight is 447 g/mol. The zero-order chi connectivity index (χ0) is 21.4. The van der Waals surface area contributed by atoms with Crippen LogP contribution in [0, 0.1) is 6.92 Å². The molecule has 0 radical (unpaired) electrons. The Bertz CT molecular complexity index is 1410. The fraction of sp³-hybridized carbons (Fsp3) is 0.130. The molecule has 8 heteroatoms. The highest BCUT2D eigenvalue weighted by Gasteiger charge is 2.20. The normalized spacial score (nSPS) is 11.2. The lowest BCUT2D eigenvalue weighted by atomic mass is 10.1. The number of fused-ring (bicyclic) bond motifs is 3. The van der Waals surface area contributed by atoms with Gasteiger partial charge in [-0.3, -0.25) is 15.1 Å². The summed E-state index contributed by atoms with van der Waals surface area (Å²) in [6.07, 6.45) is 1.74. The molecule has 31 heavy (non-hydrogen) atoms. The van der Waals surface area contributed by atoms with Crippen molar-refractivity contribution in [3.05, 3.63) is 65.4 Å². The SMILES string of the molecule is CCOc1cc2sc(NC(=O)c3nc(C)sc3-c3ccccc3)nc2c2cccnc12. The van der Waals surface area contributed by atoms with Crippen molar-refractivity contribution in [1.29, 1.82) is 0 Å². The standard InChI is InChI=1S/C23H18N4O2S2/c1-3-29-16-12-17-19(15-10-7-11-24-18(15)16)26-23(31-17)27-22(28)20-21(30-13(2)25-20)14-8-5-4-6-9-14/h4-12H,3H2,1-2H3,(H,26,27,28). The fourth-order valence-electron chi connectivity index (χ4n) is 3.44. The van der Waals surface area contributed by atoms with Gasteiger partial charge in [0.25, 0.3) is 5.91 Å². The first kappa shape index (κ1) is 19.6. The number of ether oxygens (including phenoxy) is 1. The van der Waals surface area contributed by atoms with E-state index in [0.717, 1.165) is 36.6 Å². The number of rotatable bonds is 5. The second-order valence-corrected chi connectivity index (χ2v) is 9.04. The van der Waals surface area contributed by atoms with Gasteiger partial charge in [0.2, 0.25) is 0 Å². The Morgan fingerprint density at radius 3 is 2.71 bits per heavy atom. The van der Waals surface area contributed by atoms with Crippen LogP contribution in [0.1, 0.15) is 22.4 Å². The summed E-state index contributed by atoms with van der Waals surface area (Å²) in [6.45, 7) is 4.39. The Balaban J connectivity index is 1.53. The van der Waals surface area contributed by atoms with Crippen LogP contribution in [0.15, 0.2) is 54.7 Å². The van der Waals surface area contributed by atoms with E-state index in [1.54, 1.807) is 6.20 Å². The van der Waals surface area contributed by atoms with E-state index in [1.165, 1.54) is 22.7 Å². The van der Waals surface area contributed by atoms with E-state index in [0.29, 0.717) is 23.2 Å². The average Bonchev–Trinajstić information content (AvgIpc) is 3.38. The maximum Gasteiger partial charge on any atom is 0.277 e. The molecule has 0 atom stereocenters. The molecular formula is C23H18N4O2S2. The van der Waals surface area contributed by atoms with Crippen LogP contribution in [-0.4, -0.2) is 27.5 Å². The van der Waals surface area contributed by atoms with Crippen LogP contribution in [0.25, 0.3) is 31.6 Å². The lowest BCUT2D eigenvalue weighted by Crippen LogP contribution is -2.13. The van der Waals surface area contributed by atoms with Crippen molar-refractivity contribution in [2.24, 2.45) is 0 Å². The van der Waals surface area contributed by atoms with Crippen LogP contribution in [0.3, 0.4) is 0 Å². The van der Waals surface area contributed by atoms with Crippen molar-refractivity contribution < 1.29 is 9.53 Å². The minimum absolute atomic E-state index is 0.269. The number of nitrogens with one attached hydrogen (secondary N) is 1. The van der Waals surface area contributed by atoms with E-state index in [-0.39, 0.29) is 5.91 Å². The molecule has 1 N–H and O–H groups in total. The van der Waals surface area contributed by atoms with Crippen molar-refractivity contribution in [2.75, 3.05) is 11.9 Å². The van der Waals surface area contributed by atoms with Gasteiger partial charge in [-0.15, -0.1) is 11.3 Å². The van der Waals surface area contributed by atoms with E-state index in [2.05, 4.69) is 20.3 Å². The summed E-state index contributed by atoms with van der Waals surface area (Å²) in [5.41, 5.74) is 2.95. The van der Waals surface area contributed by atoms with Crippen LogP contribution in [0.2, 0.25) is 0 Å². The molecule has 0 unspecified atom stereocenters. The first-order valence-corrected chi connectivity index (χ1v) is 11.4. The monoisotopic (exact) mass is 446 g/mol. The number of anilines is 1. The number of hydrogen-bond acceptors (Lipinski definition) is 7. The van der Waals surface area contributed by atoms with E-state index in [1.807, 2.05) is 62.4 Å². The first-order valence-electron chi connectivity index (χ1n) is 9.79. The highest BCUT2D eigenvalue weighted by Crippen LogP contribution is 2.37.